The molecule has 0 saturated heterocycles. The summed E-state index contributed by atoms with van der Waals surface area (Å²) in [5.41, 5.74) is 3.04. The van der Waals surface area contributed by atoms with E-state index in [1.165, 1.54) is 24.5 Å². The van der Waals surface area contributed by atoms with Gasteiger partial charge in [-0.2, -0.15) is 0 Å². The highest BCUT2D eigenvalue weighted by atomic mass is 35.5. The molecule has 1 heterocycles. The molecule has 6 heteroatoms. The van der Waals surface area contributed by atoms with Crippen molar-refractivity contribution in [2.24, 2.45) is 5.84 Å². The first-order valence-corrected chi connectivity index (χ1v) is 5.52. The van der Waals surface area contributed by atoms with Gasteiger partial charge in [-0.25, -0.2) is 14.2 Å². The summed E-state index contributed by atoms with van der Waals surface area (Å²) in [6, 6.07) is 4.75. The molecule has 0 aliphatic heterocycles. The van der Waals surface area contributed by atoms with Crippen molar-refractivity contribution in [2.45, 2.75) is 6.04 Å². The summed E-state index contributed by atoms with van der Waals surface area (Å²) < 4.78 is 26.9. The van der Waals surface area contributed by atoms with Crippen molar-refractivity contribution in [3.63, 3.8) is 0 Å². The molecular weight excluding hydrogens is 260 g/mol. The second kappa shape index (κ2) is 5.39. The van der Waals surface area contributed by atoms with Crippen molar-refractivity contribution in [3.05, 3.63) is 64.4 Å². The summed E-state index contributed by atoms with van der Waals surface area (Å²) in [4.78, 5) is 3.83. The Hall–Kier alpha value is -1.56. The molecule has 0 bridgehead atoms. The van der Waals surface area contributed by atoms with Crippen LogP contribution in [0.2, 0.25) is 5.02 Å². The van der Waals surface area contributed by atoms with Gasteiger partial charge < -0.3 is 0 Å². The van der Waals surface area contributed by atoms with Crippen LogP contribution in [0, 0.1) is 11.6 Å². The van der Waals surface area contributed by atoms with Crippen LogP contribution < -0.4 is 11.3 Å². The zero-order valence-electron chi connectivity index (χ0n) is 9.20. The minimum absolute atomic E-state index is 0.0885. The van der Waals surface area contributed by atoms with E-state index in [1.807, 2.05) is 0 Å². The molecule has 0 amide bonds. The molecular formula is C12H10ClF2N3. The Kier molecular flexibility index (Phi) is 3.86. The van der Waals surface area contributed by atoms with Crippen LogP contribution in [0.25, 0.3) is 0 Å². The van der Waals surface area contributed by atoms with E-state index >= 15 is 0 Å². The molecule has 2 rings (SSSR count). The lowest BCUT2D eigenvalue weighted by Crippen LogP contribution is -2.30. The fraction of sp³-hybridized carbons (Fsp3) is 0.0833. The molecule has 94 valence electrons. The molecule has 1 atom stereocenters. The molecule has 3 nitrogen and oxygen atoms in total. The summed E-state index contributed by atoms with van der Waals surface area (Å²) in [6.45, 7) is 0. The van der Waals surface area contributed by atoms with Gasteiger partial charge in [-0.15, -0.1) is 0 Å². The van der Waals surface area contributed by atoms with E-state index in [4.69, 9.17) is 17.4 Å². The van der Waals surface area contributed by atoms with Crippen molar-refractivity contribution >= 4 is 11.6 Å². The molecule has 0 aliphatic rings. The van der Waals surface area contributed by atoms with E-state index in [0.717, 1.165) is 6.07 Å². The van der Waals surface area contributed by atoms with E-state index in [9.17, 15) is 8.78 Å². The Bertz CT molecular complexity index is 563. The molecule has 18 heavy (non-hydrogen) atoms. The Labute approximate surface area is 108 Å². The van der Waals surface area contributed by atoms with E-state index in [0.29, 0.717) is 10.6 Å². The Morgan fingerprint density at radius 2 is 2.00 bits per heavy atom. The van der Waals surface area contributed by atoms with E-state index in [2.05, 4.69) is 10.4 Å². The Balaban J connectivity index is 2.53. The van der Waals surface area contributed by atoms with Gasteiger partial charge in [0.2, 0.25) is 0 Å². The number of aromatic nitrogens is 1. The van der Waals surface area contributed by atoms with Gasteiger partial charge in [0, 0.05) is 18.0 Å². The number of hydrogen-bond acceptors (Lipinski definition) is 3. The highest BCUT2D eigenvalue weighted by Gasteiger charge is 2.20. The van der Waals surface area contributed by atoms with Gasteiger partial charge in [-0.3, -0.25) is 10.8 Å². The molecule has 0 aliphatic carbocycles. The maximum atomic E-state index is 13.7. The molecule has 0 fully saturated rings. The molecule has 1 aromatic heterocycles. The lowest BCUT2D eigenvalue weighted by Gasteiger charge is -2.18. The van der Waals surface area contributed by atoms with E-state index < -0.39 is 17.7 Å². The fourth-order valence-electron chi connectivity index (χ4n) is 1.71. The number of rotatable bonds is 3. The topological polar surface area (TPSA) is 50.9 Å². The van der Waals surface area contributed by atoms with Crippen LogP contribution >= 0.6 is 11.6 Å². The lowest BCUT2D eigenvalue weighted by molar-refractivity contribution is 0.483. The zero-order valence-corrected chi connectivity index (χ0v) is 9.96. The van der Waals surface area contributed by atoms with Gasteiger partial charge in [0.1, 0.15) is 0 Å². The predicted molar refractivity (Wildman–Crippen MR) is 64.8 cm³/mol. The molecule has 1 aromatic carbocycles. The summed E-state index contributed by atoms with van der Waals surface area (Å²) in [6.07, 6.45) is 2.92. The second-order valence-electron chi connectivity index (χ2n) is 3.64. The summed E-state index contributed by atoms with van der Waals surface area (Å²) in [5, 5.41) is 0.323. The number of nitrogens with zero attached hydrogens (tertiary/aromatic N) is 1. The third-order valence-electron chi connectivity index (χ3n) is 2.57. The van der Waals surface area contributed by atoms with Gasteiger partial charge in [-0.05, 0) is 17.7 Å². The Morgan fingerprint density at radius 3 is 2.67 bits per heavy atom. The monoisotopic (exact) mass is 269 g/mol. The predicted octanol–water partition coefficient (Wildman–Crippen LogP) is 2.57. The number of nitrogens with one attached hydrogen (secondary N) is 1. The van der Waals surface area contributed by atoms with Crippen LogP contribution in [0.4, 0.5) is 8.78 Å². The normalized spacial score (nSPS) is 12.4. The number of benzene rings is 1. The standard InChI is InChI=1S/C12H10ClF2N3/c13-9-6-17-5-4-7(9)12(18-16)8-2-1-3-10(14)11(8)15/h1-6,12,18H,16H2. The number of nitrogens with two attached hydrogens (primary N) is 1. The van der Waals surface area contributed by atoms with Crippen LogP contribution in [-0.2, 0) is 0 Å². The van der Waals surface area contributed by atoms with Crippen molar-refractivity contribution in [3.8, 4) is 0 Å². The Morgan fingerprint density at radius 1 is 1.22 bits per heavy atom. The summed E-state index contributed by atoms with van der Waals surface area (Å²) in [5.74, 6) is 3.52. The minimum atomic E-state index is -0.951. The summed E-state index contributed by atoms with van der Waals surface area (Å²) >= 11 is 5.97. The fourth-order valence-corrected chi connectivity index (χ4v) is 1.94. The lowest BCUT2D eigenvalue weighted by atomic mass is 9.99. The van der Waals surface area contributed by atoms with Gasteiger partial charge >= 0.3 is 0 Å². The second-order valence-corrected chi connectivity index (χ2v) is 4.05. The third-order valence-corrected chi connectivity index (χ3v) is 2.89. The molecule has 0 saturated carbocycles. The highest BCUT2D eigenvalue weighted by molar-refractivity contribution is 6.31. The van der Waals surface area contributed by atoms with Crippen molar-refractivity contribution in [2.75, 3.05) is 0 Å². The molecule has 0 spiro atoms. The van der Waals surface area contributed by atoms with Crippen molar-refractivity contribution in [1.82, 2.24) is 10.4 Å². The first kappa shape index (κ1) is 12.9. The van der Waals surface area contributed by atoms with Crippen LogP contribution in [0.5, 0.6) is 0 Å². The van der Waals surface area contributed by atoms with E-state index in [-0.39, 0.29) is 5.56 Å². The maximum Gasteiger partial charge on any atom is 0.163 e. The molecule has 0 radical (unpaired) electrons. The summed E-state index contributed by atoms with van der Waals surface area (Å²) in [7, 11) is 0. The van der Waals surface area contributed by atoms with Gasteiger partial charge in [-0.1, -0.05) is 23.7 Å². The number of hydrazine groups is 1. The van der Waals surface area contributed by atoms with Crippen LogP contribution in [0.15, 0.2) is 36.7 Å². The maximum absolute atomic E-state index is 13.7. The molecule has 1 unspecified atom stereocenters. The smallest absolute Gasteiger partial charge is 0.163 e. The molecule has 3 N–H and O–H groups in total. The first-order chi connectivity index (χ1) is 8.65. The number of halogens is 3. The van der Waals surface area contributed by atoms with Crippen LogP contribution in [0.3, 0.4) is 0 Å². The first-order valence-electron chi connectivity index (χ1n) is 5.14. The van der Waals surface area contributed by atoms with Gasteiger partial charge in [0.15, 0.2) is 11.6 Å². The average molecular weight is 270 g/mol. The largest absolute Gasteiger partial charge is 0.271 e. The third kappa shape index (κ3) is 2.33. The zero-order chi connectivity index (χ0) is 13.1. The number of hydrogen-bond donors (Lipinski definition) is 2. The minimum Gasteiger partial charge on any atom is -0.271 e. The van der Waals surface area contributed by atoms with Crippen molar-refractivity contribution in [1.29, 1.82) is 0 Å². The quantitative estimate of drug-likeness (QED) is 0.665. The van der Waals surface area contributed by atoms with Crippen molar-refractivity contribution < 1.29 is 8.78 Å². The van der Waals surface area contributed by atoms with E-state index in [1.54, 1.807) is 6.07 Å². The highest BCUT2D eigenvalue weighted by Crippen LogP contribution is 2.29. The SMILES string of the molecule is NNC(c1ccncc1Cl)c1cccc(F)c1F. The van der Waals surface area contributed by atoms with Gasteiger partial charge in [0.05, 0.1) is 11.1 Å². The number of pyridine rings is 1. The molecule has 2 aromatic rings. The van der Waals surface area contributed by atoms with Crippen LogP contribution in [-0.4, -0.2) is 4.98 Å². The van der Waals surface area contributed by atoms with Crippen LogP contribution in [0.1, 0.15) is 17.2 Å². The average Bonchev–Trinajstić information content (AvgIpc) is 2.37. The van der Waals surface area contributed by atoms with Gasteiger partial charge in [0.25, 0.3) is 0 Å².